The monoisotopic (exact) mass is 287 g/mol. The first-order chi connectivity index (χ1) is 8.95. The van der Waals surface area contributed by atoms with E-state index < -0.39 is 22.5 Å². The van der Waals surface area contributed by atoms with Gasteiger partial charge in [0.05, 0.1) is 11.8 Å². The third-order valence-electron chi connectivity index (χ3n) is 2.74. The van der Waals surface area contributed by atoms with E-state index >= 15 is 0 Å². The molecule has 1 aromatic rings. The van der Waals surface area contributed by atoms with Crippen molar-refractivity contribution >= 4 is 22.5 Å². The second-order valence-corrected chi connectivity index (χ2v) is 5.96. The first-order valence-electron chi connectivity index (χ1n) is 5.89. The van der Waals surface area contributed by atoms with Crippen molar-refractivity contribution in [2.45, 2.75) is 18.6 Å². The minimum atomic E-state index is -0.915. The summed E-state index contributed by atoms with van der Waals surface area (Å²) in [4.78, 5) is 15.7. The molecule has 0 aliphatic rings. The number of hydrogen-bond acceptors (Lipinski definition) is 4. The Labute approximate surface area is 114 Å². The molecule has 0 radical (unpaired) electrons. The molecule has 2 N–H and O–H groups in total. The van der Waals surface area contributed by atoms with Gasteiger partial charge in [0.15, 0.2) is 0 Å². The SMILES string of the molecule is CNc1ncc(F)cc1C(=O)NCCC(C)S(C)=O. The number of aromatic nitrogens is 1. The standard InChI is InChI=1S/C12H18FN3O2S/c1-8(19(3)18)4-5-15-12(17)10-6-9(13)7-16-11(10)14-2/h6-8H,4-5H2,1-3H3,(H,14,16)(H,15,17). The highest BCUT2D eigenvalue weighted by molar-refractivity contribution is 7.84. The smallest absolute Gasteiger partial charge is 0.255 e. The van der Waals surface area contributed by atoms with E-state index in [1.165, 1.54) is 0 Å². The summed E-state index contributed by atoms with van der Waals surface area (Å²) in [6, 6.07) is 1.13. The molecule has 0 fully saturated rings. The Morgan fingerprint density at radius 1 is 1.58 bits per heavy atom. The van der Waals surface area contributed by atoms with E-state index in [0.29, 0.717) is 18.8 Å². The van der Waals surface area contributed by atoms with Crippen LogP contribution in [0.2, 0.25) is 0 Å². The number of rotatable bonds is 6. The van der Waals surface area contributed by atoms with Crippen molar-refractivity contribution in [3.8, 4) is 0 Å². The van der Waals surface area contributed by atoms with Crippen LogP contribution in [-0.4, -0.2) is 40.2 Å². The van der Waals surface area contributed by atoms with E-state index in [2.05, 4.69) is 15.6 Å². The summed E-state index contributed by atoms with van der Waals surface area (Å²) in [5.74, 6) is -0.636. The van der Waals surface area contributed by atoms with Crippen LogP contribution in [0.15, 0.2) is 12.3 Å². The van der Waals surface area contributed by atoms with Crippen molar-refractivity contribution in [2.24, 2.45) is 0 Å². The van der Waals surface area contributed by atoms with Gasteiger partial charge >= 0.3 is 0 Å². The van der Waals surface area contributed by atoms with Gasteiger partial charge in [-0.3, -0.25) is 9.00 Å². The normalized spacial score (nSPS) is 13.7. The molecule has 0 saturated carbocycles. The Kier molecular flexibility index (Phi) is 5.88. The summed E-state index contributed by atoms with van der Waals surface area (Å²) in [6.07, 6.45) is 3.28. The largest absolute Gasteiger partial charge is 0.372 e. The van der Waals surface area contributed by atoms with Gasteiger partial charge < -0.3 is 10.6 Å². The molecule has 1 aromatic heterocycles. The van der Waals surface area contributed by atoms with Crippen molar-refractivity contribution in [3.63, 3.8) is 0 Å². The third-order valence-corrected chi connectivity index (χ3v) is 4.11. The Morgan fingerprint density at radius 2 is 2.26 bits per heavy atom. The molecule has 2 unspecified atom stereocenters. The summed E-state index contributed by atoms with van der Waals surface area (Å²) in [5.41, 5.74) is 0.160. The highest BCUT2D eigenvalue weighted by atomic mass is 32.2. The second-order valence-electron chi connectivity index (χ2n) is 4.15. The summed E-state index contributed by atoms with van der Waals surface area (Å²) in [6.45, 7) is 2.24. The molecule has 0 spiro atoms. The quantitative estimate of drug-likeness (QED) is 0.823. The average molecular weight is 287 g/mol. The van der Waals surface area contributed by atoms with Gasteiger partial charge in [0.2, 0.25) is 0 Å². The van der Waals surface area contributed by atoms with Crippen LogP contribution in [0.25, 0.3) is 0 Å². The Morgan fingerprint density at radius 3 is 2.84 bits per heavy atom. The first kappa shape index (κ1) is 15.6. The van der Waals surface area contributed by atoms with Crippen molar-refractivity contribution < 1.29 is 13.4 Å². The van der Waals surface area contributed by atoms with Crippen LogP contribution in [0.4, 0.5) is 10.2 Å². The molecule has 1 amide bonds. The molecule has 0 aromatic carbocycles. The van der Waals surface area contributed by atoms with Crippen LogP contribution in [0.1, 0.15) is 23.7 Å². The zero-order valence-corrected chi connectivity index (χ0v) is 12.0. The summed E-state index contributed by atoms with van der Waals surface area (Å²) in [7, 11) is 0.695. The Hall–Kier alpha value is -1.50. The number of hydrogen-bond donors (Lipinski definition) is 2. The molecule has 0 aliphatic heterocycles. The molecular weight excluding hydrogens is 269 g/mol. The van der Waals surface area contributed by atoms with E-state index in [1.807, 2.05) is 6.92 Å². The predicted octanol–water partition coefficient (Wildman–Crippen LogP) is 1.15. The topological polar surface area (TPSA) is 71.1 Å². The van der Waals surface area contributed by atoms with Gasteiger partial charge in [0.25, 0.3) is 5.91 Å². The second kappa shape index (κ2) is 7.18. The lowest BCUT2D eigenvalue weighted by molar-refractivity contribution is 0.0953. The maximum atomic E-state index is 13.1. The van der Waals surface area contributed by atoms with Gasteiger partial charge in [0.1, 0.15) is 11.6 Å². The molecule has 0 saturated heterocycles. The van der Waals surface area contributed by atoms with Crippen LogP contribution in [-0.2, 0) is 10.8 Å². The highest BCUT2D eigenvalue weighted by Gasteiger charge is 2.13. The van der Waals surface area contributed by atoms with E-state index in [4.69, 9.17) is 0 Å². The van der Waals surface area contributed by atoms with Gasteiger partial charge in [-0.05, 0) is 12.5 Å². The zero-order chi connectivity index (χ0) is 14.4. The summed E-state index contributed by atoms with van der Waals surface area (Å²) >= 11 is 0. The number of amides is 1. The lowest BCUT2D eigenvalue weighted by Gasteiger charge is -2.11. The van der Waals surface area contributed by atoms with Crippen molar-refractivity contribution in [3.05, 3.63) is 23.6 Å². The summed E-state index contributed by atoms with van der Waals surface area (Å²) in [5, 5.41) is 5.41. The molecule has 0 aliphatic carbocycles. The minimum absolute atomic E-state index is 0.00899. The van der Waals surface area contributed by atoms with Gasteiger partial charge in [-0.1, -0.05) is 6.92 Å². The number of anilines is 1. The molecule has 5 nitrogen and oxygen atoms in total. The molecule has 1 rings (SSSR count). The fourth-order valence-corrected chi connectivity index (χ4v) is 1.91. The van der Waals surface area contributed by atoms with Crippen molar-refractivity contribution in [1.82, 2.24) is 10.3 Å². The number of pyridine rings is 1. The van der Waals surface area contributed by atoms with Crippen LogP contribution in [0, 0.1) is 5.82 Å². The van der Waals surface area contributed by atoms with Crippen molar-refractivity contribution in [1.29, 1.82) is 0 Å². The van der Waals surface area contributed by atoms with Crippen molar-refractivity contribution in [2.75, 3.05) is 25.2 Å². The van der Waals surface area contributed by atoms with E-state index in [0.717, 1.165) is 12.3 Å². The number of carbonyl (C=O) groups is 1. The number of nitrogens with one attached hydrogen (secondary N) is 2. The molecule has 1 heterocycles. The van der Waals surface area contributed by atoms with Gasteiger partial charge in [-0.25, -0.2) is 9.37 Å². The lowest BCUT2D eigenvalue weighted by atomic mass is 10.2. The first-order valence-corrected chi connectivity index (χ1v) is 7.51. The van der Waals surface area contributed by atoms with Gasteiger partial charge in [-0.15, -0.1) is 0 Å². The van der Waals surface area contributed by atoms with Crippen LogP contribution >= 0.6 is 0 Å². The fourth-order valence-electron chi connectivity index (χ4n) is 1.46. The van der Waals surface area contributed by atoms with Crippen LogP contribution in [0.3, 0.4) is 0 Å². The maximum absolute atomic E-state index is 13.1. The van der Waals surface area contributed by atoms with E-state index in [9.17, 15) is 13.4 Å². The third kappa shape index (κ3) is 4.59. The Bertz CT molecular complexity index is 482. The van der Waals surface area contributed by atoms with Crippen LogP contribution < -0.4 is 10.6 Å². The molecule has 7 heteroatoms. The average Bonchev–Trinajstić information content (AvgIpc) is 2.38. The fraction of sp³-hybridized carbons (Fsp3) is 0.500. The Balaban J connectivity index is 2.63. The van der Waals surface area contributed by atoms with Gasteiger partial charge in [0, 0.05) is 35.9 Å². The van der Waals surface area contributed by atoms with E-state index in [1.54, 1.807) is 13.3 Å². The predicted molar refractivity (Wildman–Crippen MR) is 74.2 cm³/mol. The molecule has 106 valence electrons. The minimum Gasteiger partial charge on any atom is -0.372 e. The molecule has 0 bridgehead atoms. The molecule has 2 atom stereocenters. The number of halogens is 1. The van der Waals surface area contributed by atoms with Crippen LogP contribution in [0.5, 0.6) is 0 Å². The maximum Gasteiger partial charge on any atom is 0.255 e. The highest BCUT2D eigenvalue weighted by Crippen LogP contribution is 2.12. The van der Waals surface area contributed by atoms with Gasteiger partial charge in [-0.2, -0.15) is 0 Å². The summed E-state index contributed by atoms with van der Waals surface area (Å²) < 4.78 is 24.3. The number of nitrogens with zero attached hydrogens (tertiary/aromatic N) is 1. The number of carbonyl (C=O) groups excluding carboxylic acids is 1. The van der Waals surface area contributed by atoms with E-state index in [-0.39, 0.29) is 10.8 Å². The molecule has 19 heavy (non-hydrogen) atoms. The lowest BCUT2D eigenvalue weighted by Crippen LogP contribution is -2.28. The zero-order valence-electron chi connectivity index (χ0n) is 11.2. The molecular formula is C12H18FN3O2S.